The van der Waals surface area contributed by atoms with E-state index in [-0.39, 0.29) is 33.8 Å². The van der Waals surface area contributed by atoms with Crippen LogP contribution in [0, 0.1) is 0 Å². The quantitative estimate of drug-likeness (QED) is 0.513. The molecule has 1 unspecified atom stereocenters. The lowest BCUT2D eigenvalue weighted by Crippen LogP contribution is -2.29. The van der Waals surface area contributed by atoms with Crippen LogP contribution in [0.2, 0.25) is 25.1 Å². The Morgan fingerprint density at radius 1 is 0.920 bits per heavy atom. The normalized spacial score (nSPS) is 11.9. The summed E-state index contributed by atoms with van der Waals surface area (Å²) >= 11 is 29.5. The molecule has 2 aromatic carbocycles. The highest BCUT2D eigenvalue weighted by atomic mass is 35.5. The number of hydrogen-bond acceptors (Lipinski definition) is 3. The SMILES string of the molecule is O=C(O)C(CCOc1ccc(Cl)cc1Cl)Oc1cc(Cl)c(Cl)cc1Cl. The minimum absolute atomic E-state index is 0.0465. The van der Waals surface area contributed by atoms with Crippen molar-refractivity contribution in [3.05, 3.63) is 55.4 Å². The summed E-state index contributed by atoms with van der Waals surface area (Å²) in [7, 11) is 0. The summed E-state index contributed by atoms with van der Waals surface area (Å²) < 4.78 is 10.9. The maximum atomic E-state index is 11.4. The van der Waals surface area contributed by atoms with Crippen LogP contribution in [0.4, 0.5) is 0 Å². The third kappa shape index (κ3) is 5.73. The average Bonchev–Trinajstić information content (AvgIpc) is 2.53. The zero-order valence-electron chi connectivity index (χ0n) is 12.4. The van der Waals surface area contributed by atoms with Gasteiger partial charge in [-0.15, -0.1) is 0 Å². The monoisotopic (exact) mass is 442 g/mol. The van der Waals surface area contributed by atoms with Gasteiger partial charge < -0.3 is 14.6 Å². The highest BCUT2D eigenvalue weighted by Crippen LogP contribution is 2.34. The fraction of sp³-hybridized carbons (Fsp3) is 0.188. The molecule has 0 saturated carbocycles. The maximum Gasteiger partial charge on any atom is 0.345 e. The van der Waals surface area contributed by atoms with Gasteiger partial charge in [0.15, 0.2) is 6.10 Å². The van der Waals surface area contributed by atoms with Crippen molar-refractivity contribution < 1.29 is 19.4 Å². The lowest BCUT2D eigenvalue weighted by molar-refractivity contribution is -0.145. The predicted octanol–water partition coefficient (Wildman–Crippen LogP) is 6.25. The Labute approximate surface area is 169 Å². The van der Waals surface area contributed by atoms with Crippen LogP contribution in [0.1, 0.15) is 6.42 Å². The fourth-order valence-corrected chi connectivity index (χ4v) is 2.89. The van der Waals surface area contributed by atoms with Gasteiger partial charge in [0, 0.05) is 17.5 Å². The molecule has 1 N–H and O–H groups in total. The standard InChI is InChI=1S/C16H11Cl5O4/c17-8-1-2-13(11(20)5-8)24-4-3-14(16(22)23)25-15-7-10(19)9(18)6-12(15)21/h1-2,5-7,14H,3-4H2,(H,22,23). The van der Waals surface area contributed by atoms with Crippen LogP contribution in [0.5, 0.6) is 11.5 Å². The van der Waals surface area contributed by atoms with Gasteiger partial charge in [-0.3, -0.25) is 0 Å². The van der Waals surface area contributed by atoms with Gasteiger partial charge >= 0.3 is 5.97 Å². The summed E-state index contributed by atoms with van der Waals surface area (Å²) in [6.45, 7) is 0.0528. The van der Waals surface area contributed by atoms with Gasteiger partial charge in [-0.05, 0) is 24.3 Å². The summed E-state index contributed by atoms with van der Waals surface area (Å²) in [5.74, 6) is -0.663. The molecule has 0 aliphatic carbocycles. The molecule has 4 nitrogen and oxygen atoms in total. The molecule has 0 bridgehead atoms. The van der Waals surface area contributed by atoms with Crippen LogP contribution >= 0.6 is 58.0 Å². The number of hydrogen-bond donors (Lipinski definition) is 1. The Morgan fingerprint density at radius 3 is 2.20 bits per heavy atom. The van der Waals surface area contributed by atoms with E-state index in [4.69, 9.17) is 67.5 Å². The molecule has 2 aromatic rings. The van der Waals surface area contributed by atoms with E-state index >= 15 is 0 Å². The Kier molecular flexibility index (Phi) is 7.35. The van der Waals surface area contributed by atoms with Crippen molar-refractivity contribution in [2.75, 3.05) is 6.61 Å². The number of carboxylic acid groups (broad SMARTS) is 1. The second-order valence-electron chi connectivity index (χ2n) is 4.85. The second-order valence-corrected chi connectivity index (χ2v) is 6.92. The molecule has 0 amide bonds. The fourth-order valence-electron chi connectivity index (χ4n) is 1.85. The van der Waals surface area contributed by atoms with E-state index in [2.05, 4.69) is 0 Å². The highest BCUT2D eigenvalue weighted by Gasteiger charge is 2.22. The van der Waals surface area contributed by atoms with E-state index in [9.17, 15) is 9.90 Å². The van der Waals surface area contributed by atoms with Gasteiger partial charge in [-0.25, -0.2) is 4.79 Å². The first-order valence-corrected chi connectivity index (χ1v) is 8.78. The van der Waals surface area contributed by atoms with E-state index in [1.807, 2.05) is 0 Å². The molecular weight excluding hydrogens is 433 g/mol. The van der Waals surface area contributed by atoms with Gasteiger partial charge in [-0.1, -0.05) is 58.0 Å². The van der Waals surface area contributed by atoms with Crippen LogP contribution in [0.25, 0.3) is 0 Å². The third-order valence-electron chi connectivity index (χ3n) is 3.05. The summed E-state index contributed by atoms with van der Waals surface area (Å²) in [5.41, 5.74) is 0. The first kappa shape index (κ1) is 20.3. The first-order chi connectivity index (χ1) is 11.8. The number of carboxylic acids is 1. The molecule has 0 aliphatic heterocycles. The van der Waals surface area contributed by atoms with Crippen LogP contribution in [0.15, 0.2) is 30.3 Å². The van der Waals surface area contributed by atoms with Gasteiger partial charge in [-0.2, -0.15) is 0 Å². The van der Waals surface area contributed by atoms with Crippen LogP contribution in [0.3, 0.4) is 0 Å². The lowest BCUT2D eigenvalue weighted by Gasteiger charge is -2.17. The number of carbonyl (C=O) groups is 1. The van der Waals surface area contributed by atoms with Crippen molar-refractivity contribution in [3.63, 3.8) is 0 Å². The zero-order valence-corrected chi connectivity index (χ0v) is 16.2. The lowest BCUT2D eigenvalue weighted by atomic mass is 10.2. The molecule has 9 heteroatoms. The van der Waals surface area contributed by atoms with Crippen LogP contribution < -0.4 is 9.47 Å². The molecule has 0 aromatic heterocycles. The van der Waals surface area contributed by atoms with Crippen molar-refractivity contribution in [2.24, 2.45) is 0 Å². The van der Waals surface area contributed by atoms with Crippen molar-refractivity contribution in [3.8, 4) is 11.5 Å². The number of benzene rings is 2. The summed E-state index contributed by atoms with van der Waals surface area (Å²) in [6, 6.07) is 7.47. The second kappa shape index (κ2) is 9.06. The van der Waals surface area contributed by atoms with Crippen molar-refractivity contribution in [2.45, 2.75) is 12.5 Å². The van der Waals surface area contributed by atoms with Crippen molar-refractivity contribution >= 4 is 64.0 Å². The highest BCUT2D eigenvalue weighted by molar-refractivity contribution is 6.43. The molecule has 0 fully saturated rings. The Balaban J connectivity index is 2.02. The van der Waals surface area contributed by atoms with Gasteiger partial charge in [0.2, 0.25) is 0 Å². The summed E-state index contributed by atoms with van der Waals surface area (Å²) in [5, 5.41) is 10.7. The molecular formula is C16H11Cl5O4. The molecule has 2 rings (SSSR count). The first-order valence-electron chi connectivity index (χ1n) is 6.89. The van der Waals surface area contributed by atoms with E-state index in [0.717, 1.165) is 0 Å². The molecule has 0 saturated heterocycles. The van der Waals surface area contributed by atoms with Crippen LogP contribution in [-0.4, -0.2) is 23.8 Å². The number of halogens is 5. The molecule has 1 atom stereocenters. The minimum Gasteiger partial charge on any atom is -0.492 e. The Bertz CT molecular complexity index is 781. The van der Waals surface area contributed by atoms with E-state index in [1.54, 1.807) is 12.1 Å². The number of rotatable bonds is 7. The van der Waals surface area contributed by atoms with E-state index < -0.39 is 12.1 Å². The van der Waals surface area contributed by atoms with Gasteiger partial charge in [0.05, 0.1) is 26.7 Å². The van der Waals surface area contributed by atoms with Crippen molar-refractivity contribution in [1.82, 2.24) is 0 Å². The maximum absolute atomic E-state index is 11.4. The zero-order chi connectivity index (χ0) is 18.6. The average molecular weight is 445 g/mol. The smallest absolute Gasteiger partial charge is 0.345 e. The largest absolute Gasteiger partial charge is 0.492 e. The predicted molar refractivity (Wildman–Crippen MR) is 100 cm³/mol. The molecule has 0 radical (unpaired) electrons. The molecule has 0 spiro atoms. The van der Waals surface area contributed by atoms with Crippen LogP contribution in [-0.2, 0) is 4.79 Å². The Hall–Kier alpha value is -1.04. The summed E-state index contributed by atoms with van der Waals surface area (Å²) in [4.78, 5) is 11.4. The Morgan fingerprint density at radius 2 is 1.56 bits per heavy atom. The minimum atomic E-state index is -1.19. The number of ether oxygens (including phenoxy) is 2. The number of aliphatic carboxylic acids is 1. The molecule has 0 heterocycles. The molecule has 25 heavy (non-hydrogen) atoms. The topological polar surface area (TPSA) is 55.8 Å². The van der Waals surface area contributed by atoms with E-state index in [0.29, 0.717) is 15.8 Å². The summed E-state index contributed by atoms with van der Waals surface area (Å²) in [6.07, 6.45) is -1.15. The van der Waals surface area contributed by atoms with E-state index in [1.165, 1.54) is 18.2 Å². The van der Waals surface area contributed by atoms with Gasteiger partial charge in [0.25, 0.3) is 0 Å². The van der Waals surface area contributed by atoms with Crippen molar-refractivity contribution in [1.29, 1.82) is 0 Å². The molecule has 134 valence electrons. The molecule has 0 aliphatic rings. The van der Waals surface area contributed by atoms with Gasteiger partial charge in [0.1, 0.15) is 11.5 Å². The third-order valence-corrected chi connectivity index (χ3v) is 4.60.